The van der Waals surface area contributed by atoms with E-state index in [1.54, 1.807) is 0 Å². The molecular formula is C18H12Cl6O9S3. The molecule has 0 radical (unpaired) electrons. The Morgan fingerprint density at radius 1 is 0.389 bits per heavy atom. The Morgan fingerprint density at radius 3 is 0.611 bits per heavy atom. The van der Waals surface area contributed by atoms with Crippen molar-refractivity contribution in [3.05, 3.63) is 84.7 Å². The molecule has 0 atom stereocenters. The van der Waals surface area contributed by atoms with Crippen LogP contribution in [0.15, 0.2) is 69.3 Å². The highest BCUT2D eigenvalue weighted by atomic mass is 35.5. The maximum atomic E-state index is 10.7. The molecule has 3 N–H and O–H groups in total. The van der Waals surface area contributed by atoms with Gasteiger partial charge in [0.15, 0.2) is 0 Å². The van der Waals surface area contributed by atoms with E-state index < -0.39 is 45.0 Å². The normalized spacial score (nSPS) is 11.6. The topological polar surface area (TPSA) is 163 Å². The lowest BCUT2D eigenvalue weighted by molar-refractivity contribution is 0.481. The van der Waals surface area contributed by atoms with Gasteiger partial charge in [-0.1, -0.05) is 87.8 Å². The van der Waals surface area contributed by atoms with Crippen LogP contribution in [0, 0.1) is 0 Å². The molecule has 0 spiro atoms. The van der Waals surface area contributed by atoms with Gasteiger partial charge in [-0.05, 0) is 36.4 Å². The van der Waals surface area contributed by atoms with E-state index in [1.165, 1.54) is 54.6 Å². The molecule has 0 saturated carbocycles. The molecule has 0 heterocycles. The summed E-state index contributed by atoms with van der Waals surface area (Å²) < 4.78 is 89.9. The van der Waals surface area contributed by atoms with Crippen molar-refractivity contribution in [2.45, 2.75) is 14.7 Å². The zero-order chi connectivity index (χ0) is 28.1. The summed E-state index contributed by atoms with van der Waals surface area (Å²) in [4.78, 5) is -1.35. The van der Waals surface area contributed by atoms with E-state index in [-0.39, 0.29) is 30.1 Å². The average Bonchev–Trinajstić information content (AvgIpc) is 2.65. The van der Waals surface area contributed by atoms with Crippen molar-refractivity contribution >= 4 is 100.0 Å². The van der Waals surface area contributed by atoms with Gasteiger partial charge in [0.1, 0.15) is 14.7 Å². The summed E-state index contributed by atoms with van der Waals surface area (Å²) in [6, 6.07) is 12.4. The first-order valence-electron chi connectivity index (χ1n) is 8.53. The molecule has 0 fully saturated rings. The fourth-order valence-corrected chi connectivity index (χ4v) is 7.02. The third kappa shape index (κ3) is 9.78. The highest BCUT2D eigenvalue weighted by molar-refractivity contribution is 7.86. The van der Waals surface area contributed by atoms with E-state index in [9.17, 15) is 25.3 Å². The highest BCUT2D eigenvalue weighted by Crippen LogP contribution is 2.30. The summed E-state index contributed by atoms with van der Waals surface area (Å²) in [5, 5.41) is -0.556. The van der Waals surface area contributed by atoms with Crippen molar-refractivity contribution in [2.24, 2.45) is 0 Å². The average molecular weight is 681 g/mol. The SMILES string of the molecule is O=S(=O)(O)c1c(Cl)cccc1Cl.O=S(=O)(O)c1c(Cl)cccc1Cl.O=S(=O)(O)c1c(Cl)cccc1Cl. The minimum atomic E-state index is -4.33. The molecule has 9 nitrogen and oxygen atoms in total. The van der Waals surface area contributed by atoms with E-state index in [0.717, 1.165) is 0 Å². The van der Waals surface area contributed by atoms with Crippen LogP contribution in [-0.4, -0.2) is 38.9 Å². The van der Waals surface area contributed by atoms with Crippen LogP contribution in [0.3, 0.4) is 0 Å². The van der Waals surface area contributed by atoms with E-state index in [2.05, 4.69) is 0 Å². The number of benzene rings is 3. The number of hydrogen-bond acceptors (Lipinski definition) is 6. The van der Waals surface area contributed by atoms with E-state index >= 15 is 0 Å². The van der Waals surface area contributed by atoms with Crippen LogP contribution in [0.2, 0.25) is 30.1 Å². The summed E-state index contributed by atoms with van der Waals surface area (Å²) in [6.45, 7) is 0. The monoisotopic (exact) mass is 678 g/mol. The van der Waals surface area contributed by atoms with E-state index in [0.29, 0.717) is 0 Å². The molecule has 0 aliphatic carbocycles. The fraction of sp³-hybridized carbons (Fsp3) is 0. The lowest BCUT2D eigenvalue weighted by Crippen LogP contribution is -1.99. The van der Waals surface area contributed by atoms with Crippen molar-refractivity contribution in [1.82, 2.24) is 0 Å². The van der Waals surface area contributed by atoms with Crippen LogP contribution in [0.4, 0.5) is 0 Å². The van der Waals surface area contributed by atoms with Crippen molar-refractivity contribution in [3.8, 4) is 0 Å². The zero-order valence-electron chi connectivity index (χ0n) is 17.0. The number of halogens is 6. The molecule has 198 valence electrons. The predicted octanol–water partition coefficient (Wildman–Crippen LogP) is 6.72. The number of rotatable bonds is 3. The molecule has 36 heavy (non-hydrogen) atoms. The second-order valence-electron chi connectivity index (χ2n) is 6.08. The van der Waals surface area contributed by atoms with Gasteiger partial charge in [0, 0.05) is 0 Å². The predicted molar refractivity (Wildman–Crippen MR) is 139 cm³/mol. The van der Waals surface area contributed by atoms with Gasteiger partial charge in [-0.25, -0.2) is 0 Å². The molecule has 18 heteroatoms. The van der Waals surface area contributed by atoms with Gasteiger partial charge >= 0.3 is 0 Å². The first-order valence-corrected chi connectivity index (χ1v) is 15.1. The lowest BCUT2D eigenvalue weighted by atomic mass is 10.4. The molecule has 0 saturated heterocycles. The molecule has 0 amide bonds. The Hall–Kier alpha value is -0.870. The summed E-state index contributed by atoms with van der Waals surface area (Å²) in [5.41, 5.74) is 0. The Bertz CT molecular complexity index is 1330. The third-order valence-electron chi connectivity index (χ3n) is 3.53. The first-order chi connectivity index (χ1) is 16.3. The van der Waals surface area contributed by atoms with Crippen LogP contribution in [0.1, 0.15) is 0 Å². The van der Waals surface area contributed by atoms with Gasteiger partial charge in [-0.2, -0.15) is 25.3 Å². The molecule has 3 aromatic carbocycles. The molecular weight excluding hydrogens is 669 g/mol. The summed E-state index contributed by atoms with van der Waals surface area (Å²) in [5.74, 6) is 0. The van der Waals surface area contributed by atoms with Crippen LogP contribution in [-0.2, 0) is 30.4 Å². The molecule has 0 aliphatic heterocycles. The van der Waals surface area contributed by atoms with Crippen LogP contribution in [0.5, 0.6) is 0 Å². The Labute approximate surface area is 236 Å². The largest absolute Gasteiger partial charge is 0.297 e. The third-order valence-corrected chi connectivity index (χ3v) is 8.96. The van der Waals surface area contributed by atoms with E-state index in [1.807, 2.05) is 0 Å². The molecule has 3 aromatic rings. The van der Waals surface area contributed by atoms with Crippen molar-refractivity contribution in [1.29, 1.82) is 0 Å². The van der Waals surface area contributed by atoms with Crippen LogP contribution in [0.25, 0.3) is 0 Å². The first kappa shape index (κ1) is 33.2. The second-order valence-corrected chi connectivity index (χ2v) is 12.6. The maximum absolute atomic E-state index is 10.7. The molecule has 3 rings (SSSR count). The van der Waals surface area contributed by atoms with Crippen LogP contribution >= 0.6 is 69.6 Å². The van der Waals surface area contributed by atoms with Crippen molar-refractivity contribution in [2.75, 3.05) is 0 Å². The maximum Gasteiger partial charge on any atom is 0.297 e. The summed E-state index contributed by atoms with van der Waals surface area (Å²) in [6.07, 6.45) is 0. The smallest absolute Gasteiger partial charge is 0.282 e. The Balaban J connectivity index is 0.000000270. The minimum Gasteiger partial charge on any atom is -0.282 e. The summed E-state index contributed by atoms with van der Waals surface area (Å²) in [7, 11) is -13.0. The Morgan fingerprint density at radius 2 is 0.528 bits per heavy atom. The summed E-state index contributed by atoms with van der Waals surface area (Å²) >= 11 is 32.9. The standard InChI is InChI=1S/3C6H4Cl2O3S/c3*7-4-2-1-3-5(8)6(4)12(9,10)11/h3*1-3H,(H,9,10,11). The van der Waals surface area contributed by atoms with Crippen molar-refractivity contribution in [3.63, 3.8) is 0 Å². The van der Waals surface area contributed by atoms with Gasteiger partial charge in [-0.3, -0.25) is 13.7 Å². The minimum absolute atomic E-state index is 0.0926. The van der Waals surface area contributed by atoms with Gasteiger partial charge in [0.25, 0.3) is 30.4 Å². The highest BCUT2D eigenvalue weighted by Gasteiger charge is 2.19. The number of hydrogen-bond donors (Lipinski definition) is 3. The zero-order valence-corrected chi connectivity index (χ0v) is 24.0. The quantitative estimate of drug-likeness (QED) is 0.255. The van der Waals surface area contributed by atoms with Crippen LogP contribution < -0.4 is 0 Å². The van der Waals surface area contributed by atoms with Gasteiger partial charge in [0.2, 0.25) is 0 Å². The molecule has 0 aliphatic rings. The van der Waals surface area contributed by atoms with Gasteiger partial charge in [-0.15, -0.1) is 0 Å². The van der Waals surface area contributed by atoms with E-state index in [4.69, 9.17) is 83.3 Å². The molecule has 0 aromatic heterocycles. The fourth-order valence-electron chi connectivity index (χ4n) is 2.19. The Kier molecular flexibility index (Phi) is 12.2. The van der Waals surface area contributed by atoms with Crippen molar-refractivity contribution < 1.29 is 38.9 Å². The molecule has 0 bridgehead atoms. The second kappa shape index (κ2) is 13.3. The van der Waals surface area contributed by atoms with Gasteiger partial charge < -0.3 is 0 Å². The van der Waals surface area contributed by atoms with Gasteiger partial charge in [0.05, 0.1) is 30.1 Å². The molecule has 0 unspecified atom stereocenters. The lowest BCUT2D eigenvalue weighted by Gasteiger charge is -2.01.